The van der Waals surface area contributed by atoms with Gasteiger partial charge in [0.2, 0.25) is 5.91 Å². The molecule has 27 heavy (non-hydrogen) atoms. The van der Waals surface area contributed by atoms with Crippen LogP contribution in [0.4, 0.5) is 0 Å². The van der Waals surface area contributed by atoms with Crippen LogP contribution in [-0.2, 0) is 11.3 Å². The van der Waals surface area contributed by atoms with Gasteiger partial charge in [0.05, 0.1) is 17.9 Å². The quantitative estimate of drug-likeness (QED) is 0.847. The van der Waals surface area contributed by atoms with Crippen molar-refractivity contribution in [3.8, 4) is 5.75 Å². The number of rotatable bonds is 6. The van der Waals surface area contributed by atoms with Gasteiger partial charge in [-0.1, -0.05) is 12.1 Å². The fourth-order valence-corrected chi connectivity index (χ4v) is 3.21. The molecule has 0 bridgehead atoms. The molecule has 3 rings (SSSR count). The predicted molar refractivity (Wildman–Crippen MR) is 101 cm³/mol. The highest BCUT2D eigenvalue weighted by Crippen LogP contribution is 2.20. The van der Waals surface area contributed by atoms with E-state index in [1.54, 1.807) is 11.0 Å². The Morgan fingerprint density at radius 1 is 1.19 bits per heavy atom. The average Bonchev–Trinajstić information content (AvgIpc) is 3.21. The first-order chi connectivity index (χ1) is 13.0. The summed E-state index contributed by atoms with van der Waals surface area (Å²) >= 11 is 0. The van der Waals surface area contributed by atoms with Crippen molar-refractivity contribution in [1.29, 1.82) is 0 Å². The number of likely N-dealkylation sites (tertiary alicyclic amines) is 1. The van der Waals surface area contributed by atoms with E-state index in [1.165, 1.54) is 12.5 Å². The Kier molecular flexibility index (Phi) is 6.16. The fourth-order valence-electron chi connectivity index (χ4n) is 3.21. The monoisotopic (exact) mass is 370 g/mol. The molecule has 1 fully saturated rings. The SMILES string of the molecule is CC(C)Oc1ccc(CNC(=O)C2CCN(C(=O)c3ccoc3)CC2)cc1. The van der Waals surface area contributed by atoms with E-state index in [0.717, 1.165) is 11.3 Å². The number of furan rings is 1. The number of benzene rings is 1. The smallest absolute Gasteiger partial charge is 0.257 e. The van der Waals surface area contributed by atoms with E-state index < -0.39 is 0 Å². The molecule has 1 N–H and O–H groups in total. The lowest BCUT2D eigenvalue weighted by atomic mass is 9.95. The zero-order chi connectivity index (χ0) is 19.2. The lowest BCUT2D eigenvalue weighted by molar-refractivity contribution is -0.126. The first-order valence-corrected chi connectivity index (χ1v) is 9.37. The largest absolute Gasteiger partial charge is 0.491 e. The highest BCUT2D eigenvalue weighted by Gasteiger charge is 2.28. The van der Waals surface area contributed by atoms with E-state index in [4.69, 9.17) is 9.15 Å². The van der Waals surface area contributed by atoms with Crippen LogP contribution >= 0.6 is 0 Å². The molecule has 0 spiro atoms. The zero-order valence-electron chi connectivity index (χ0n) is 15.8. The maximum Gasteiger partial charge on any atom is 0.257 e. The van der Waals surface area contributed by atoms with Crippen molar-refractivity contribution < 1.29 is 18.7 Å². The molecule has 6 nitrogen and oxygen atoms in total. The Morgan fingerprint density at radius 3 is 2.48 bits per heavy atom. The molecule has 144 valence electrons. The van der Waals surface area contributed by atoms with Crippen LogP contribution in [0.15, 0.2) is 47.3 Å². The van der Waals surface area contributed by atoms with Crippen LogP contribution in [0.5, 0.6) is 5.75 Å². The minimum Gasteiger partial charge on any atom is -0.491 e. The lowest BCUT2D eigenvalue weighted by Crippen LogP contribution is -2.42. The molecule has 2 heterocycles. The van der Waals surface area contributed by atoms with Gasteiger partial charge in [0.25, 0.3) is 5.91 Å². The van der Waals surface area contributed by atoms with Gasteiger partial charge >= 0.3 is 0 Å². The topological polar surface area (TPSA) is 71.8 Å². The van der Waals surface area contributed by atoms with Gasteiger partial charge in [0, 0.05) is 25.6 Å². The minimum absolute atomic E-state index is 0.0358. The fraction of sp³-hybridized carbons (Fsp3) is 0.429. The number of carbonyl (C=O) groups is 2. The van der Waals surface area contributed by atoms with Crippen LogP contribution in [0.2, 0.25) is 0 Å². The summed E-state index contributed by atoms with van der Waals surface area (Å²) in [6, 6.07) is 9.43. The second-order valence-electron chi connectivity index (χ2n) is 7.11. The number of piperidine rings is 1. The van der Waals surface area contributed by atoms with Crippen molar-refractivity contribution in [2.75, 3.05) is 13.1 Å². The Balaban J connectivity index is 1.43. The van der Waals surface area contributed by atoms with E-state index in [2.05, 4.69) is 5.32 Å². The molecule has 1 aliphatic heterocycles. The summed E-state index contributed by atoms with van der Waals surface area (Å²) in [6.45, 7) is 5.64. The number of carbonyl (C=O) groups excluding carboxylic acids is 2. The Morgan fingerprint density at radius 2 is 1.89 bits per heavy atom. The summed E-state index contributed by atoms with van der Waals surface area (Å²) < 4.78 is 10.6. The van der Waals surface area contributed by atoms with Crippen LogP contribution in [0, 0.1) is 5.92 Å². The molecule has 0 radical (unpaired) electrons. The predicted octanol–water partition coefficient (Wildman–Crippen LogP) is 3.24. The molecule has 0 aliphatic carbocycles. The molecule has 1 aromatic heterocycles. The lowest BCUT2D eigenvalue weighted by Gasteiger charge is -2.31. The minimum atomic E-state index is -0.0538. The Bertz CT molecular complexity index is 745. The highest BCUT2D eigenvalue weighted by molar-refractivity contribution is 5.94. The third kappa shape index (κ3) is 5.12. The molecule has 1 saturated heterocycles. The van der Waals surface area contributed by atoms with E-state index in [-0.39, 0.29) is 23.8 Å². The summed E-state index contributed by atoms with van der Waals surface area (Å²) in [6.07, 6.45) is 4.45. The standard InChI is InChI=1S/C21H26N2O4/c1-15(2)27-19-5-3-16(4-6-19)13-22-20(24)17-7-10-23(11-8-17)21(25)18-9-12-26-14-18/h3-6,9,12,14-15,17H,7-8,10-11,13H2,1-2H3,(H,22,24). The van der Waals surface area contributed by atoms with Crippen molar-refractivity contribution >= 4 is 11.8 Å². The number of nitrogens with zero attached hydrogens (tertiary/aromatic N) is 1. The van der Waals surface area contributed by atoms with Gasteiger partial charge in [-0.15, -0.1) is 0 Å². The van der Waals surface area contributed by atoms with Gasteiger partial charge in [-0.3, -0.25) is 9.59 Å². The number of hydrogen-bond donors (Lipinski definition) is 1. The first-order valence-electron chi connectivity index (χ1n) is 9.37. The summed E-state index contributed by atoms with van der Waals surface area (Å²) in [5.41, 5.74) is 1.59. The van der Waals surface area contributed by atoms with Crippen LogP contribution in [0.25, 0.3) is 0 Å². The molecule has 1 aromatic carbocycles. The highest BCUT2D eigenvalue weighted by atomic mass is 16.5. The Hall–Kier alpha value is -2.76. The van der Waals surface area contributed by atoms with Crippen molar-refractivity contribution in [1.82, 2.24) is 10.2 Å². The van der Waals surface area contributed by atoms with Gasteiger partial charge in [-0.05, 0) is 50.5 Å². The summed E-state index contributed by atoms with van der Waals surface area (Å²) in [4.78, 5) is 26.5. The number of nitrogens with one attached hydrogen (secondary N) is 1. The number of amides is 2. The molecule has 0 unspecified atom stereocenters. The van der Waals surface area contributed by atoms with E-state index in [1.807, 2.05) is 38.1 Å². The van der Waals surface area contributed by atoms with Crippen molar-refractivity contribution in [3.05, 3.63) is 54.0 Å². The molecular formula is C21H26N2O4. The second-order valence-corrected chi connectivity index (χ2v) is 7.11. The summed E-state index contributed by atoms with van der Waals surface area (Å²) in [5, 5.41) is 3.00. The normalized spacial score (nSPS) is 15.0. The molecule has 0 atom stereocenters. The molecule has 2 amide bonds. The van der Waals surface area contributed by atoms with Crippen LogP contribution in [0.3, 0.4) is 0 Å². The second kappa shape index (κ2) is 8.75. The third-order valence-corrected chi connectivity index (χ3v) is 4.68. The van der Waals surface area contributed by atoms with E-state index in [9.17, 15) is 9.59 Å². The van der Waals surface area contributed by atoms with Gasteiger partial charge in [0.15, 0.2) is 0 Å². The van der Waals surface area contributed by atoms with Gasteiger partial charge < -0.3 is 19.4 Å². The Labute approximate surface area is 159 Å². The van der Waals surface area contributed by atoms with Crippen molar-refractivity contribution in [3.63, 3.8) is 0 Å². The molecule has 2 aromatic rings. The van der Waals surface area contributed by atoms with Crippen LogP contribution < -0.4 is 10.1 Å². The third-order valence-electron chi connectivity index (χ3n) is 4.68. The summed E-state index contributed by atoms with van der Waals surface area (Å²) in [7, 11) is 0. The van der Waals surface area contributed by atoms with E-state index in [0.29, 0.717) is 38.0 Å². The van der Waals surface area contributed by atoms with E-state index >= 15 is 0 Å². The van der Waals surface area contributed by atoms with Crippen LogP contribution in [-0.4, -0.2) is 35.9 Å². The number of ether oxygens (including phenoxy) is 1. The first kappa shape index (κ1) is 19.0. The maximum absolute atomic E-state index is 12.4. The van der Waals surface area contributed by atoms with Gasteiger partial charge in [-0.2, -0.15) is 0 Å². The number of hydrogen-bond acceptors (Lipinski definition) is 4. The van der Waals surface area contributed by atoms with Crippen molar-refractivity contribution in [2.24, 2.45) is 5.92 Å². The average molecular weight is 370 g/mol. The van der Waals surface area contributed by atoms with Crippen LogP contribution in [0.1, 0.15) is 42.6 Å². The maximum atomic E-state index is 12.4. The molecule has 0 saturated carbocycles. The molecule has 6 heteroatoms. The molecule has 1 aliphatic rings. The summed E-state index contributed by atoms with van der Waals surface area (Å²) in [5.74, 6) is 0.788. The van der Waals surface area contributed by atoms with Gasteiger partial charge in [-0.25, -0.2) is 0 Å². The zero-order valence-corrected chi connectivity index (χ0v) is 15.8. The van der Waals surface area contributed by atoms with Gasteiger partial charge in [0.1, 0.15) is 12.0 Å². The van der Waals surface area contributed by atoms with Crippen molar-refractivity contribution in [2.45, 2.75) is 39.3 Å². The molecular weight excluding hydrogens is 344 g/mol.